The second-order valence-electron chi connectivity index (χ2n) is 9.93. The summed E-state index contributed by atoms with van der Waals surface area (Å²) in [7, 11) is 1.70. The lowest BCUT2D eigenvalue weighted by molar-refractivity contribution is -0.137. The van der Waals surface area contributed by atoms with Gasteiger partial charge in [0, 0.05) is 63.8 Å². The fraction of sp³-hybridized carbons (Fsp3) is 0.321. The van der Waals surface area contributed by atoms with Gasteiger partial charge in [-0.3, -0.25) is 9.80 Å². The van der Waals surface area contributed by atoms with E-state index >= 15 is 0 Å². The summed E-state index contributed by atoms with van der Waals surface area (Å²) < 4.78 is 59.9. The lowest BCUT2D eigenvalue weighted by Crippen LogP contribution is -2.46. The molecule has 1 fully saturated rings. The number of ether oxygens (including phenoxy) is 1. The number of hydrogen-bond donors (Lipinski definition) is 3. The second kappa shape index (κ2) is 12.3. The van der Waals surface area contributed by atoms with Crippen LogP contribution in [0.5, 0.6) is 0 Å². The SMILES string of the molecule is COCCN1CCN(Cc2cn3ncnc(N)c3c2-c2ccc(NC(=O)Nc3cc(C(F)(F)F)ccc3F)cc2)CC1. The quantitative estimate of drug-likeness (QED) is 0.260. The standard InChI is InChI=1S/C28H30F4N8O2/c1-42-13-12-38-8-10-39(11-9-38)15-19-16-40-25(26(33)34-17-35-40)24(19)18-2-5-21(6-3-18)36-27(41)37-23-14-20(28(30,31)32)4-7-22(23)29/h2-7,14,16-17H,8-13,15H2,1H3,(H2,33,34,35)(H2,36,37,41). The number of urea groups is 1. The third kappa shape index (κ3) is 6.61. The van der Waals surface area contributed by atoms with Gasteiger partial charge in [0.15, 0.2) is 5.82 Å². The molecule has 4 aromatic rings. The van der Waals surface area contributed by atoms with Gasteiger partial charge in [-0.15, -0.1) is 0 Å². The molecule has 42 heavy (non-hydrogen) atoms. The summed E-state index contributed by atoms with van der Waals surface area (Å²) in [6, 6.07) is 7.77. The number of aromatic nitrogens is 3. The summed E-state index contributed by atoms with van der Waals surface area (Å²) in [5.41, 5.74) is 8.28. The molecule has 222 valence electrons. The van der Waals surface area contributed by atoms with Gasteiger partial charge < -0.3 is 21.1 Å². The number of alkyl halides is 3. The second-order valence-corrected chi connectivity index (χ2v) is 9.93. The third-order valence-corrected chi connectivity index (χ3v) is 7.12. The molecule has 0 unspecified atom stereocenters. The largest absolute Gasteiger partial charge is 0.416 e. The van der Waals surface area contributed by atoms with Crippen LogP contribution in [-0.2, 0) is 17.5 Å². The molecule has 3 heterocycles. The number of nitrogens with two attached hydrogens (primary N) is 1. The van der Waals surface area contributed by atoms with Gasteiger partial charge in [0.25, 0.3) is 0 Å². The van der Waals surface area contributed by atoms with Crippen molar-refractivity contribution < 1.29 is 27.1 Å². The van der Waals surface area contributed by atoms with Gasteiger partial charge in [-0.1, -0.05) is 12.1 Å². The lowest BCUT2D eigenvalue weighted by atomic mass is 10.0. The summed E-state index contributed by atoms with van der Waals surface area (Å²) in [6.07, 6.45) is -1.35. The minimum absolute atomic E-state index is 0.320. The molecular formula is C28H30F4N8O2. The van der Waals surface area contributed by atoms with E-state index in [2.05, 4.69) is 30.5 Å². The van der Waals surface area contributed by atoms with Crippen molar-refractivity contribution in [2.45, 2.75) is 12.7 Å². The van der Waals surface area contributed by atoms with E-state index in [1.807, 2.05) is 6.20 Å². The van der Waals surface area contributed by atoms with Crippen LogP contribution in [0.4, 0.5) is 39.5 Å². The number of nitrogens with zero attached hydrogens (tertiary/aromatic N) is 5. The fourth-order valence-electron chi connectivity index (χ4n) is 4.96. The zero-order valence-electron chi connectivity index (χ0n) is 22.8. The van der Waals surface area contributed by atoms with Crippen LogP contribution in [0.2, 0.25) is 0 Å². The highest BCUT2D eigenvalue weighted by molar-refractivity contribution is 6.00. The molecule has 2 aromatic carbocycles. The van der Waals surface area contributed by atoms with E-state index in [9.17, 15) is 22.4 Å². The molecule has 1 aliphatic heterocycles. The first-order valence-electron chi connectivity index (χ1n) is 13.2. The van der Waals surface area contributed by atoms with Gasteiger partial charge >= 0.3 is 12.2 Å². The van der Waals surface area contributed by atoms with Crippen molar-refractivity contribution in [3.05, 3.63) is 71.9 Å². The number of carbonyl (C=O) groups is 1. The lowest BCUT2D eigenvalue weighted by Gasteiger charge is -2.34. The van der Waals surface area contributed by atoms with E-state index in [0.29, 0.717) is 48.4 Å². The molecule has 0 radical (unpaired) electrons. The van der Waals surface area contributed by atoms with Crippen molar-refractivity contribution in [1.29, 1.82) is 0 Å². The van der Waals surface area contributed by atoms with Crippen LogP contribution in [0.25, 0.3) is 16.6 Å². The molecule has 0 spiro atoms. The topological polar surface area (TPSA) is 113 Å². The van der Waals surface area contributed by atoms with Gasteiger partial charge in [0.2, 0.25) is 0 Å². The Morgan fingerprint density at radius 2 is 1.76 bits per heavy atom. The van der Waals surface area contributed by atoms with Gasteiger partial charge in [0.05, 0.1) is 17.9 Å². The number of rotatable bonds is 8. The maximum Gasteiger partial charge on any atom is 0.416 e. The van der Waals surface area contributed by atoms with Gasteiger partial charge in [-0.25, -0.2) is 18.7 Å². The highest BCUT2D eigenvalue weighted by Crippen LogP contribution is 2.34. The Hall–Kier alpha value is -4.27. The molecule has 5 rings (SSSR count). The summed E-state index contributed by atoms with van der Waals surface area (Å²) >= 11 is 0. The van der Waals surface area contributed by atoms with E-state index in [1.54, 1.807) is 35.9 Å². The predicted octanol–water partition coefficient (Wildman–Crippen LogP) is 4.54. The Bertz CT molecular complexity index is 1550. The predicted molar refractivity (Wildman–Crippen MR) is 150 cm³/mol. The number of fused-ring (bicyclic) bond motifs is 1. The first-order chi connectivity index (χ1) is 20.1. The van der Waals surface area contributed by atoms with Gasteiger partial charge in [-0.05, 0) is 41.5 Å². The highest BCUT2D eigenvalue weighted by Gasteiger charge is 2.31. The van der Waals surface area contributed by atoms with Crippen molar-refractivity contribution in [1.82, 2.24) is 24.4 Å². The number of hydrogen-bond acceptors (Lipinski definition) is 7. The van der Waals surface area contributed by atoms with Crippen molar-refractivity contribution >= 4 is 28.7 Å². The van der Waals surface area contributed by atoms with Crippen LogP contribution < -0.4 is 16.4 Å². The number of halogens is 4. The van der Waals surface area contributed by atoms with Crippen molar-refractivity contribution in [3.63, 3.8) is 0 Å². The molecular weight excluding hydrogens is 556 g/mol. The van der Waals surface area contributed by atoms with E-state index in [-0.39, 0.29) is 0 Å². The van der Waals surface area contributed by atoms with Crippen LogP contribution in [0, 0.1) is 5.82 Å². The molecule has 2 aromatic heterocycles. The average molecular weight is 587 g/mol. The Labute approximate surface area is 239 Å². The van der Waals surface area contributed by atoms with Gasteiger partial charge in [-0.2, -0.15) is 18.3 Å². The number of nitrogens with one attached hydrogen (secondary N) is 2. The molecule has 0 atom stereocenters. The maximum absolute atomic E-state index is 14.1. The minimum Gasteiger partial charge on any atom is -0.383 e. The van der Waals surface area contributed by atoms with Crippen molar-refractivity contribution in [2.24, 2.45) is 0 Å². The molecule has 14 heteroatoms. The number of carbonyl (C=O) groups excluding carboxylic acids is 1. The summed E-state index contributed by atoms with van der Waals surface area (Å²) in [5, 5.41) is 8.99. The first-order valence-corrected chi connectivity index (χ1v) is 13.2. The number of amides is 2. The number of anilines is 3. The molecule has 1 aliphatic rings. The molecule has 0 bridgehead atoms. The average Bonchev–Trinajstić information content (AvgIpc) is 3.32. The minimum atomic E-state index is -4.68. The smallest absolute Gasteiger partial charge is 0.383 e. The van der Waals surface area contributed by atoms with Crippen molar-refractivity contribution in [2.75, 3.05) is 62.8 Å². The van der Waals surface area contributed by atoms with Crippen molar-refractivity contribution in [3.8, 4) is 11.1 Å². The molecule has 1 saturated heterocycles. The Balaban J connectivity index is 1.33. The van der Waals surface area contributed by atoms with Crippen LogP contribution in [0.3, 0.4) is 0 Å². The Morgan fingerprint density at radius 1 is 1.05 bits per heavy atom. The Morgan fingerprint density at radius 3 is 2.45 bits per heavy atom. The zero-order chi connectivity index (χ0) is 29.9. The summed E-state index contributed by atoms with van der Waals surface area (Å²) in [6.45, 7) is 5.90. The highest BCUT2D eigenvalue weighted by atomic mass is 19.4. The van der Waals surface area contributed by atoms with E-state index < -0.39 is 29.3 Å². The Kier molecular flexibility index (Phi) is 8.56. The van der Waals surface area contributed by atoms with Crippen LogP contribution >= 0.6 is 0 Å². The molecule has 2 amide bonds. The van der Waals surface area contributed by atoms with Gasteiger partial charge in [0.1, 0.15) is 17.7 Å². The first kappa shape index (κ1) is 29.2. The number of methoxy groups -OCH3 is 1. The zero-order valence-corrected chi connectivity index (χ0v) is 22.8. The maximum atomic E-state index is 14.1. The van der Waals surface area contributed by atoms with Crippen LogP contribution in [-0.4, -0.2) is 76.9 Å². The molecule has 0 aliphatic carbocycles. The molecule has 4 N–H and O–H groups in total. The van der Waals surface area contributed by atoms with Crippen LogP contribution in [0.1, 0.15) is 11.1 Å². The number of benzene rings is 2. The van der Waals surface area contributed by atoms with E-state index in [1.165, 1.54) is 6.33 Å². The normalized spacial score (nSPS) is 14.8. The molecule has 0 saturated carbocycles. The number of piperazine rings is 1. The van der Waals surface area contributed by atoms with E-state index in [0.717, 1.165) is 49.4 Å². The summed E-state index contributed by atoms with van der Waals surface area (Å²) in [5.74, 6) is -0.668. The van der Waals surface area contributed by atoms with Crippen LogP contribution in [0.15, 0.2) is 55.0 Å². The third-order valence-electron chi connectivity index (χ3n) is 7.12. The summed E-state index contributed by atoms with van der Waals surface area (Å²) in [4.78, 5) is 21.4. The monoisotopic (exact) mass is 586 g/mol. The number of nitrogen functional groups attached to an aromatic ring is 1. The molecule has 10 nitrogen and oxygen atoms in total. The fourth-order valence-corrected chi connectivity index (χ4v) is 4.96. The van der Waals surface area contributed by atoms with E-state index in [4.69, 9.17) is 10.5 Å².